The van der Waals surface area contributed by atoms with E-state index in [1.165, 1.54) is 0 Å². The number of rotatable bonds is 2. The fourth-order valence-electron chi connectivity index (χ4n) is 3.31. The van der Waals surface area contributed by atoms with Crippen LogP contribution in [0.15, 0.2) is 54.7 Å². The lowest BCUT2D eigenvalue weighted by Crippen LogP contribution is -2.27. The molecule has 1 aromatic heterocycles. The van der Waals surface area contributed by atoms with Crippen molar-refractivity contribution in [3.63, 3.8) is 0 Å². The highest BCUT2D eigenvalue weighted by molar-refractivity contribution is 6.13. The Kier molecular flexibility index (Phi) is 3.05. The van der Waals surface area contributed by atoms with E-state index in [1.807, 2.05) is 48.5 Å². The van der Waals surface area contributed by atoms with Gasteiger partial charge in [0.25, 0.3) is 0 Å². The van der Waals surface area contributed by atoms with Crippen LogP contribution < -0.4 is 0 Å². The molecule has 114 valence electrons. The number of carbonyl (C=O) groups excluding carboxylic acids is 2. The Morgan fingerprint density at radius 2 is 1.87 bits per heavy atom. The van der Waals surface area contributed by atoms with Gasteiger partial charge in [-0.15, -0.1) is 0 Å². The van der Waals surface area contributed by atoms with Crippen LogP contribution in [0.2, 0.25) is 0 Å². The molecule has 1 aliphatic rings. The third-order valence-electron chi connectivity index (χ3n) is 4.28. The van der Waals surface area contributed by atoms with Crippen molar-refractivity contribution in [2.45, 2.75) is 12.8 Å². The second-order valence-corrected chi connectivity index (χ2v) is 5.54. The molecule has 0 bridgehead atoms. The van der Waals surface area contributed by atoms with Gasteiger partial charge in [-0.1, -0.05) is 42.5 Å². The molecule has 1 atom stereocenters. The Hall–Kier alpha value is -2.88. The van der Waals surface area contributed by atoms with Crippen molar-refractivity contribution in [3.8, 4) is 11.1 Å². The van der Waals surface area contributed by atoms with E-state index in [2.05, 4.69) is 0 Å². The topological polar surface area (TPSA) is 48.3 Å². The van der Waals surface area contributed by atoms with E-state index in [0.717, 1.165) is 22.0 Å². The van der Waals surface area contributed by atoms with Gasteiger partial charge < -0.3 is 4.74 Å². The number of benzene rings is 2. The highest BCUT2D eigenvalue weighted by Crippen LogP contribution is 2.39. The molecule has 0 aliphatic carbocycles. The van der Waals surface area contributed by atoms with Crippen molar-refractivity contribution in [1.82, 2.24) is 4.57 Å². The molecule has 1 unspecified atom stereocenters. The van der Waals surface area contributed by atoms with Crippen molar-refractivity contribution in [1.29, 1.82) is 0 Å². The smallest absolute Gasteiger partial charge is 0.323 e. The van der Waals surface area contributed by atoms with Crippen LogP contribution in [0.4, 0.5) is 0 Å². The molecule has 0 spiro atoms. The summed E-state index contributed by atoms with van der Waals surface area (Å²) in [5, 5.41) is 0.982. The third-order valence-corrected chi connectivity index (χ3v) is 4.28. The van der Waals surface area contributed by atoms with Crippen LogP contribution in [0.5, 0.6) is 0 Å². The highest BCUT2D eigenvalue weighted by atomic mass is 16.5. The molecule has 3 aromatic rings. The molecule has 0 N–H and O–H groups in total. The van der Waals surface area contributed by atoms with Gasteiger partial charge in [-0.25, -0.2) is 0 Å². The minimum atomic E-state index is -0.936. The van der Waals surface area contributed by atoms with Crippen molar-refractivity contribution in [2.24, 2.45) is 0 Å². The standard InChI is InChI=1S/C19H15NO3/c1-2-23-19(22)16-14-8-4-3-7-13(14)15-9-5-6-12-10-11-20(17(12)15)18(16)21/h3-11,16H,2H2,1H3. The van der Waals surface area contributed by atoms with E-state index in [-0.39, 0.29) is 12.5 Å². The summed E-state index contributed by atoms with van der Waals surface area (Å²) < 4.78 is 6.74. The molecule has 23 heavy (non-hydrogen) atoms. The molecule has 1 aliphatic heterocycles. The molecule has 2 heterocycles. The van der Waals surface area contributed by atoms with E-state index >= 15 is 0 Å². The average molecular weight is 305 g/mol. The van der Waals surface area contributed by atoms with Crippen molar-refractivity contribution in [2.75, 3.05) is 6.61 Å². The van der Waals surface area contributed by atoms with Gasteiger partial charge in [-0.05, 0) is 24.1 Å². The molecule has 0 radical (unpaired) electrons. The van der Waals surface area contributed by atoms with Crippen molar-refractivity contribution < 1.29 is 14.3 Å². The summed E-state index contributed by atoms with van der Waals surface area (Å²) in [6, 6.07) is 15.4. The number of nitrogens with zero attached hydrogens (tertiary/aromatic N) is 1. The summed E-state index contributed by atoms with van der Waals surface area (Å²) in [7, 11) is 0. The van der Waals surface area contributed by atoms with Crippen LogP contribution in [0, 0.1) is 0 Å². The lowest BCUT2D eigenvalue weighted by atomic mass is 9.90. The third kappa shape index (κ3) is 1.91. The molecule has 4 rings (SSSR count). The van der Waals surface area contributed by atoms with E-state index in [0.29, 0.717) is 5.56 Å². The number of carbonyl (C=O) groups is 2. The van der Waals surface area contributed by atoms with Crippen LogP contribution in [-0.4, -0.2) is 23.1 Å². The fourth-order valence-corrected chi connectivity index (χ4v) is 3.31. The van der Waals surface area contributed by atoms with Crippen molar-refractivity contribution in [3.05, 3.63) is 60.3 Å². The number of hydrogen-bond donors (Lipinski definition) is 0. The Morgan fingerprint density at radius 3 is 2.70 bits per heavy atom. The fraction of sp³-hybridized carbons (Fsp3) is 0.158. The lowest BCUT2D eigenvalue weighted by Gasteiger charge is -2.15. The molecule has 4 heteroatoms. The quantitative estimate of drug-likeness (QED) is 0.537. The van der Waals surface area contributed by atoms with Crippen LogP contribution in [0.3, 0.4) is 0 Å². The van der Waals surface area contributed by atoms with E-state index in [9.17, 15) is 9.59 Å². The number of ether oxygens (including phenoxy) is 1. The van der Waals surface area contributed by atoms with Gasteiger partial charge in [-0.3, -0.25) is 14.2 Å². The summed E-state index contributed by atoms with van der Waals surface area (Å²) >= 11 is 0. The molecule has 4 nitrogen and oxygen atoms in total. The zero-order chi connectivity index (χ0) is 16.0. The molecule has 0 saturated carbocycles. The maximum Gasteiger partial charge on any atom is 0.323 e. The second kappa shape index (κ2) is 5.09. The zero-order valence-corrected chi connectivity index (χ0v) is 12.7. The van der Waals surface area contributed by atoms with Gasteiger partial charge in [0.1, 0.15) is 0 Å². The summed E-state index contributed by atoms with van der Waals surface area (Å²) in [5.41, 5.74) is 3.41. The maximum atomic E-state index is 13.0. The van der Waals surface area contributed by atoms with E-state index < -0.39 is 11.9 Å². The minimum Gasteiger partial charge on any atom is -0.465 e. The molecule has 2 aromatic carbocycles. The van der Waals surface area contributed by atoms with E-state index in [4.69, 9.17) is 4.74 Å². The molecular formula is C19H15NO3. The second-order valence-electron chi connectivity index (χ2n) is 5.54. The Bertz CT molecular complexity index is 939. The Morgan fingerprint density at radius 1 is 1.09 bits per heavy atom. The van der Waals surface area contributed by atoms with Gasteiger partial charge in [-0.2, -0.15) is 0 Å². The Balaban J connectivity index is 2.07. The first-order chi connectivity index (χ1) is 11.2. The largest absolute Gasteiger partial charge is 0.465 e. The van der Waals surface area contributed by atoms with Crippen LogP contribution >= 0.6 is 0 Å². The molecule has 0 saturated heterocycles. The number of esters is 1. The summed E-state index contributed by atoms with van der Waals surface area (Å²) in [4.78, 5) is 25.5. The van der Waals surface area contributed by atoms with Gasteiger partial charge in [0.05, 0.1) is 12.1 Å². The van der Waals surface area contributed by atoms with Gasteiger partial charge in [0.15, 0.2) is 5.92 Å². The van der Waals surface area contributed by atoms with Crippen LogP contribution in [0.25, 0.3) is 22.0 Å². The SMILES string of the molecule is CCOC(=O)C1C(=O)n2ccc3cccc(c32)-c2ccccc21. The minimum absolute atomic E-state index is 0.249. The first kappa shape index (κ1) is 13.8. The van der Waals surface area contributed by atoms with E-state index in [1.54, 1.807) is 17.7 Å². The van der Waals surface area contributed by atoms with Gasteiger partial charge >= 0.3 is 5.97 Å². The average Bonchev–Trinajstić information content (AvgIpc) is 2.95. The van der Waals surface area contributed by atoms with Crippen molar-refractivity contribution >= 4 is 22.8 Å². The monoisotopic (exact) mass is 305 g/mol. The van der Waals surface area contributed by atoms with Crippen LogP contribution in [0.1, 0.15) is 23.2 Å². The van der Waals surface area contributed by atoms with Gasteiger partial charge in [0, 0.05) is 17.1 Å². The molecular weight excluding hydrogens is 290 g/mol. The first-order valence-electron chi connectivity index (χ1n) is 7.62. The lowest BCUT2D eigenvalue weighted by molar-refractivity contribution is -0.143. The normalized spacial score (nSPS) is 16.0. The zero-order valence-electron chi connectivity index (χ0n) is 12.7. The number of para-hydroxylation sites is 1. The number of hydrogen-bond acceptors (Lipinski definition) is 3. The highest BCUT2D eigenvalue weighted by Gasteiger charge is 2.36. The van der Waals surface area contributed by atoms with Gasteiger partial charge in [0.2, 0.25) is 5.91 Å². The molecule has 0 fully saturated rings. The maximum absolute atomic E-state index is 13.0. The summed E-state index contributed by atoms with van der Waals surface area (Å²) in [6.07, 6.45) is 1.73. The number of aromatic nitrogens is 1. The van der Waals surface area contributed by atoms with Crippen LogP contribution in [-0.2, 0) is 9.53 Å². The first-order valence-corrected chi connectivity index (χ1v) is 7.62. The summed E-state index contributed by atoms with van der Waals surface area (Å²) in [6.45, 7) is 1.99. The number of fused-ring (bicyclic) bond motifs is 2. The predicted octanol–water partition coefficient (Wildman–Crippen LogP) is 3.61. The Labute approximate surface area is 133 Å². The predicted molar refractivity (Wildman–Crippen MR) is 87.4 cm³/mol. The summed E-state index contributed by atoms with van der Waals surface area (Å²) in [5.74, 6) is -1.70. The molecule has 0 amide bonds.